The molecule has 0 radical (unpaired) electrons. The second kappa shape index (κ2) is 14.3. The quantitative estimate of drug-likeness (QED) is 0.475. The minimum absolute atomic E-state index is 0.168. The third-order valence-electron chi connectivity index (χ3n) is 3.28. The van der Waals surface area contributed by atoms with E-state index in [1.54, 1.807) is 4.90 Å². The SMILES string of the molecule is CCOCCN(CCOCC)CCC(=O)N(C)CCCN. The van der Waals surface area contributed by atoms with Crippen LogP contribution in [0.4, 0.5) is 0 Å². The first-order valence-corrected chi connectivity index (χ1v) is 7.97. The summed E-state index contributed by atoms with van der Waals surface area (Å²) in [5, 5.41) is 0. The predicted octanol–water partition coefficient (Wildman–Crippen LogP) is 0.559. The van der Waals surface area contributed by atoms with Gasteiger partial charge in [-0.3, -0.25) is 9.69 Å². The van der Waals surface area contributed by atoms with Crippen molar-refractivity contribution in [1.82, 2.24) is 9.80 Å². The lowest BCUT2D eigenvalue weighted by Crippen LogP contribution is -2.36. The van der Waals surface area contributed by atoms with Gasteiger partial charge in [-0.25, -0.2) is 0 Å². The molecule has 0 rings (SSSR count). The minimum atomic E-state index is 0.168. The zero-order valence-corrected chi connectivity index (χ0v) is 14.0. The minimum Gasteiger partial charge on any atom is -0.380 e. The Balaban J connectivity index is 4.03. The van der Waals surface area contributed by atoms with Gasteiger partial charge in [-0.15, -0.1) is 0 Å². The molecule has 0 bridgehead atoms. The molecule has 0 aliphatic heterocycles. The smallest absolute Gasteiger partial charge is 0.223 e. The van der Waals surface area contributed by atoms with Gasteiger partial charge >= 0.3 is 0 Å². The van der Waals surface area contributed by atoms with Crippen LogP contribution >= 0.6 is 0 Å². The van der Waals surface area contributed by atoms with Crippen LogP contribution in [-0.4, -0.2) is 81.9 Å². The number of rotatable bonds is 14. The Labute approximate surface area is 129 Å². The average Bonchev–Trinajstić information content (AvgIpc) is 2.49. The summed E-state index contributed by atoms with van der Waals surface area (Å²) in [6.45, 7) is 10.6. The zero-order valence-electron chi connectivity index (χ0n) is 14.0. The normalized spacial score (nSPS) is 11.1. The molecule has 6 nitrogen and oxygen atoms in total. The third kappa shape index (κ3) is 11.6. The number of hydrogen-bond acceptors (Lipinski definition) is 5. The van der Waals surface area contributed by atoms with Crippen LogP contribution in [0.15, 0.2) is 0 Å². The van der Waals surface area contributed by atoms with Crippen molar-refractivity contribution in [3.8, 4) is 0 Å². The summed E-state index contributed by atoms with van der Waals surface area (Å²) >= 11 is 0. The maximum absolute atomic E-state index is 12.0. The van der Waals surface area contributed by atoms with Gasteiger partial charge < -0.3 is 20.1 Å². The fourth-order valence-corrected chi connectivity index (χ4v) is 1.91. The largest absolute Gasteiger partial charge is 0.380 e. The first-order valence-electron chi connectivity index (χ1n) is 7.97. The summed E-state index contributed by atoms with van der Waals surface area (Å²) in [6.07, 6.45) is 1.37. The maximum Gasteiger partial charge on any atom is 0.223 e. The molecule has 126 valence electrons. The highest BCUT2D eigenvalue weighted by Crippen LogP contribution is 1.98. The van der Waals surface area contributed by atoms with Gasteiger partial charge in [0, 0.05) is 52.9 Å². The molecule has 0 atom stereocenters. The fourth-order valence-electron chi connectivity index (χ4n) is 1.91. The zero-order chi connectivity index (χ0) is 15.9. The van der Waals surface area contributed by atoms with Gasteiger partial charge in [-0.05, 0) is 26.8 Å². The van der Waals surface area contributed by atoms with Gasteiger partial charge in [-0.2, -0.15) is 0 Å². The molecule has 6 heteroatoms. The van der Waals surface area contributed by atoms with E-state index in [0.29, 0.717) is 26.2 Å². The van der Waals surface area contributed by atoms with Gasteiger partial charge in [0.2, 0.25) is 5.91 Å². The van der Waals surface area contributed by atoms with E-state index in [9.17, 15) is 4.79 Å². The van der Waals surface area contributed by atoms with Crippen molar-refractivity contribution in [3.63, 3.8) is 0 Å². The molecule has 0 heterocycles. The van der Waals surface area contributed by atoms with E-state index in [-0.39, 0.29) is 5.91 Å². The number of carbonyl (C=O) groups excluding carboxylic acids is 1. The highest BCUT2D eigenvalue weighted by atomic mass is 16.5. The lowest BCUT2D eigenvalue weighted by Gasteiger charge is -2.23. The molecule has 0 aromatic heterocycles. The van der Waals surface area contributed by atoms with Crippen molar-refractivity contribution in [1.29, 1.82) is 0 Å². The van der Waals surface area contributed by atoms with Crippen molar-refractivity contribution >= 4 is 5.91 Å². The molecule has 1 amide bonds. The van der Waals surface area contributed by atoms with Gasteiger partial charge in [-0.1, -0.05) is 0 Å². The summed E-state index contributed by atoms with van der Waals surface area (Å²) < 4.78 is 10.8. The summed E-state index contributed by atoms with van der Waals surface area (Å²) in [4.78, 5) is 16.0. The number of hydrogen-bond donors (Lipinski definition) is 1. The standard InChI is InChI=1S/C15H33N3O3/c1-4-20-13-11-18(12-14-21-5-2)10-7-15(19)17(3)9-6-8-16/h4-14,16H2,1-3H3. The third-order valence-corrected chi connectivity index (χ3v) is 3.28. The van der Waals surface area contributed by atoms with Crippen molar-refractivity contribution < 1.29 is 14.3 Å². The Hall–Kier alpha value is -0.690. The Morgan fingerprint density at radius 2 is 1.57 bits per heavy atom. The van der Waals surface area contributed by atoms with Crippen LogP contribution in [0.2, 0.25) is 0 Å². The second-order valence-electron chi connectivity index (χ2n) is 4.94. The summed E-state index contributed by atoms with van der Waals surface area (Å²) in [5.74, 6) is 0.168. The van der Waals surface area contributed by atoms with Crippen molar-refractivity contribution in [2.24, 2.45) is 5.73 Å². The highest BCUT2D eigenvalue weighted by Gasteiger charge is 2.11. The molecule has 0 aliphatic rings. The molecule has 2 N–H and O–H groups in total. The van der Waals surface area contributed by atoms with Crippen LogP contribution in [0, 0.1) is 0 Å². The Kier molecular flexibility index (Phi) is 13.8. The van der Waals surface area contributed by atoms with Crippen molar-refractivity contribution in [2.75, 3.05) is 66.2 Å². The Bertz CT molecular complexity index is 242. The predicted molar refractivity (Wildman–Crippen MR) is 85.4 cm³/mol. The molecule has 0 saturated carbocycles. The van der Waals surface area contributed by atoms with Crippen LogP contribution in [0.1, 0.15) is 26.7 Å². The number of ether oxygens (including phenoxy) is 2. The molecular formula is C15H33N3O3. The van der Waals surface area contributed by atoms with Gasteiger partial charge in [0.05, 0.1) is 13.2 Å². The van der Waals surface area contributed by atoms with Crippen molar-refractivity contribution in [3.05, 3.63) is 0 Å². The molecule has 0 unspecified atom stereocenters. The average molecular weight is 303 g/mol. The second-order valence-corrected chi connectivity index (χ2v) is 4.94. The number of nitrogens with two attached hydrogens (primary N) is 1. The van der Waals surface area contributed by atoms with E-state index in [2.05, 4.69) is 4.90 Å². The molecule has 0 aromatic rings. The van der Waals surface area contributed by atoms with Crippen LogP contribution < -0.4 is 5.73 Å². The Morgan fingerprint density at radius 1 is 1.00 bits per heavy atom. The molecule has 0 spiro atoms. The van der Waals surface area contributed by atoms with Crippen LogP contribution in [0.5, 0.6) is 0 Å². The topological polar surface area (TPSA) is 68.0 Å². The summed E-state index contributed by atoms with van der Waals surface area (Å²) in [5.41, 5.74) is 5.46. The van der Waals surface area contributed by atoms with Crippen LogP contribution in [-0.2, 0) is 14.3 Å². The van der Waals surface area contributed by atoms with Gasteiger partial charge in [0.25, 0.3) is 0 Å². The van der Waals surface area contributed by atoms with Crippen molar-refractivity contribution in [2.45, 2.75) is 26.7 Å². The van der Waals surface area contributed by atoms with Gasteiger partial charge in [0.15, 0.2) is 0 Å². The lowest BCUT2D eigenvalue weighted by atomic mass is 10.3. The lowest BCUT2D eigenvalue weighted by molar-refractivity contribution is -0.130. The highest BCUT2D eigenvalue weighted by molar-refractivity contribution is 5.76. The molecule has 0 fully saturated rings. The first-order chi connectivity index (χ1) is 10.2. The number of amides is 1. The van der Waals surface area contributed by atoms with E-state index in [1.807, 2.05) is 20.9 Å². The van der Waals surface area contributed by atoms with Crippen LogP contribution in [0.25, 0.3) is 0 Å². The molecule has 0 saturated heterocycles. The summed E-state index contributed by atoms with van der Waals surface area (Å²) in [7, 11) is 1.84. The van der Waals surface area contributed by atoms with E-state index < -0.39 is 0 Å². The van der Waals surface area contributed by atoms with E-state index in [0.717, 1.165) is 45.8 Å². The van der Waals surface area contributed by atoms with E-state index >= 15 is 0 Å². The first kappa shape index (κ1) is 20.3. The summed E-state index contributed by atoms with van der Waals surface area (Å²) in [6, 6.07) is 0. The van der Waals surface area contributed by atoms with Crippen LogP contribution in [0.3, 0.4) is 0 Å². The van der Waals surface area contributed by atoms with Gasteiger partial charge in [0.1, 0.15) is 0 Å². The van der Waals surface area contributed by atoms with E-state index in [4.69, 9.17) is 15.2 Å². The molecular weight excluding hydrogens is 270 g/mol. The Morgan fingerprint density at radius 3 is 2.05 bits per heavy atom. The van der Waals surface area contributed by atoms with E-state index in [1.165, 1.54) is 0 Å². The molecule has 0 aromatic carbocycles. The number of nitrogens with zero attached hydrogens (tertiary/aromatic N) is 2. The molecule has 0 aliphatic carbocycles. The fraction of sp³-hybridized carbons (Fsp3) is 0.933. The molecule has 21 heavy (non-hydrogen) atoms. The maximum atomic E-state index is 12.0. The monoisotopic (exact) mass is 303 g/mol. The number of carbonyl (C=O) groups is 1.